The summed E-state index contributed by atoms with van der Waals surface area (Å²) in [6, 6.07) is 13.4. The van der Waals surface area contributed by atoms with Crippen molar-refractivity contribution in [1.29, 1.82) is 0 Å². The molecule has 0 spiro atoms. The van der Waals surface area contributed by atoms with E-state index in [1.165, 1.54) is 35.2 Å². The number of carbonyl (C=O) groups is 4. The van der Waals surface area contributed by atoms with Gasteiger partial charge in [0, 0.05) is 101 Å². The Balaban J connectivity index is 0.000000188. The quantitative estimate of drug-likeness (QED) is 0.114. The highest BCUT2D eigenvalue weighted by atomic mass is 19.3. The second kappa shape index (κ2) is 19.8. The molecular formula is C49H52F6N8O4. The molecule has 354 valence electrons. The van der Waals surface area contributed by atoms with Gasteiger partial charge in [-0.25, -0.2) is 26.3 Å². The van der Waals surface area contributed by atoms with Crippen molar-refractivity contribution in [1.82, 2.24) is 34.8 Å². The lowest BCUT2D eigenvalue weighted by atomic mass is 9.90. The maximum absolute atomic E-state index is 16.0. The summed E-state index contributed by atoms with van der Waals surface area (Å²) in [7, 11) is 3.13. The third-order valence-electron chi connectivity index (χ3n) is 13.1. The Morgan fingerprint density at radius 2 is 1.67 bits per heavy atom. The Morgan fingerprint density at radius 3 is 2.37 bits per heavy atom. The molecule has 5 aromatic rings. The number of amides is 4. The Morgan fingerprint density at radius 1 is 0.881 bits per heavy atom. The molecule has 3 saturated heterocycles. The first kappa shape index (κ1) is 47.1. The molecule has 1 atom stereocenters. The fourth-order valence-corrected chi connectivity index (χ4v) is 9.53. The number of anilines is 1. The average molecular weight is 931 g/mol. The molecule has 2 aromatic heterocycles. The molecule has 67 heavy (non-hydrogen) atoms. The number of rotatable bonds is 9. The van der Waals surface area contributed by atoms with E-state index < -0.39 is 41.0 Å². The van der Waals surface area contributed by atoms with Crippen LogP contribution in [0.5, 0.6) is 0 Å². The lowest BCUT2D eigenvalue weighted by molar-refractivity contribution is -0.134. The number of aryl methyl sites for hydroxylation is 1. The minimum absolute atomic E-state index is 0.00870. The number of aromatic nitrogens is 3. The van der Waals surface area contributed by atoms with Crippen LogP contribution in [0.1, 0.15) is 78.9 Å². The number of nitrogens with zero attached hydrogens (tertiary/aromatic N) is 6. The molecule has 0 aliphatic carbocycles. The molecule has 12 nitrogen and oxygen atoms in total. The van der Waals surface area contributed by atoms with Crippen LogP contribution >= 0.6 is 0 Å². The number of piperidine rings is 3. The van der Waals surface area contributed by atoms with E-state index >= 15 is 4.39 Å². The maximum atomic E-state index is 16.0. The third-order valence-corrected chi connectivity index (χ3v) is 13.1. The van der Waals surface area contributed by atoms with E-state index in [2.05, 4.69) is 15.4 Å². The van der Waals surface area contributed by atoms with Gasteiger partial charge < -0.3 is 19.7 Å². The van der Waals surface area contributed by atoms with Crippen molar-refractivity contribution in [2.75, 3.05) is 58.3 Å². The Hall–Kier alpha value is -6.43. The van der Waals surface area contributed by atoms with Crippen LogP contribution in [-0.2, 0) is 20.9 Å². The minimum atomic E-state index is -2.60. The summed E-state index contributed by atoms with van der Waals surface area (Å²) in [5, 5.41) is 6.66. The molecule has 2 N–H and O–H groups in total. The molecule has 3 aromatic carbocycles. The molecule has 18 heteroatoms. The summed E-state index contributed by atoms with van der Waals surface area (Å²) in [5.74, 6) is -7.40. The normalized spacial score (nSPS) is 19.2. The second-order valence-corrected chi connectivity index (χ2v) is 17.8. The number of nitrogens with one attached hydrogen (secondary N) is 2. The summed E-state index contributed by atoms with van der Waals surface area (Å²) in [6.45, 7) is 2.83. The van der Waals surface area contributed by atoms with Crippen molar-refractivity contribution >= 4 is 45.8 Å². The maximum Gasteiger partial charge on any atom is 0.269 e. The highest BCUT2D eigenvalue weighted by Crippen LogP contribution is 2.39. The van der Waals surface area contributed by atoms with Gasteiger partial charge in [-0.3, -0.25) is 34.1 Å². The first-order valence-corrected chi connectivity index (χ1v) is 22.5. The van der Waals surface area contributed by atoms with Crippen LogP contribution in [0.2, 0.25) is 0 Å². The molecule has 0 saturated carbocycles. The monoisotopic (exact) mass is 930 g/mol. The topological polar surface area (TPSA) is 127 Å². The molecule has 6 heterocycles. The molecule has 4 aliphatic rings. The van der Waals surface area contributed by atoms with Crippen LogP contribution in [0.4, 0.5) is 32.0 Å². The number of alkyl halides is 2. The standard InChI is InChI=1S/C28H26F3N5O2.C21H26F3N3O2/c1-34(2)28(38)23-15-21-20(18-7-3-8-22(29)25(18)30)14-19(26(31)27(21)33-23)17-6-4-11-35(16-17)24(37)9-13-36-12-5-10-32-36;22-17-12-14(16-3-5-19(28)25-20(16)29)2-4-18(17)26-10-6-15(7-11-26)27-9-1-8-21(23,24)13-27/h3,5-8,10,12,14-15,33H,4,9,11,13,16H2,1-2H3;2,4,12,15-16H,1,3,5-11,13H2,(H,25,28,29). The number of aromatic amines is 1. The number of carbonyl (C=O) groups excluding carboxylic acids is 4. The molecule has 1 unspecified atom stereocenters. The van der Waals surface area contributed by atoms with Gasteiger partial charge in [0.05, 0.1) is 23.7 Å². The number of halogens is 6. The predicted molar refractivity (Wildman–Crippen MR) is 240 cm³/mol. The second-order valence-electron chi connectivity index (χ2n) is 17.8. The minimum Gasteiger partial charge on any atom is -0.369 e. The van der Waals surface area contributed by atoms with Crippen molar-refractivity contribution in [3.8, 4) is 11.1 Å². The SMILES string of the molecule is CN(C)C(=O)c1cc2c(-c3cccc(F)c3F)cc(C3=CCCN(C(=O)CCn4cccn4)C3)c(F)c2[nH]1.O=C1CCC(c2ccc(N3CCC(N4CCCC(F)(F)C4)CC3)c(F)c2)C(=O)N1. The molecule has 9 rings (SSSR count). The largest absolute Gasteiger partial charge is 0.369 e. The van der Waals surface area contributed by atoms with Crippen molar-refractivity contribution in [3.63, 3.8) is 0 Å². The van der Waals surface area contributed by atoms with E-state index in [0.717, 1.165) is 18.9 Å². The molecular weight excluding hydrogens is 879 g/mol. The van der Waals surface area contributed by atoms with Crippen LogP contribution in [0.3, 0.4) is 0 Å². The fourth-order valence-electron chi connectivity index (χ4n) is 9.53. The van der Waals surface area contributed by atoms with Gasteiger partial charge in [-0.2, -0.15) is 5.10 Å². The lowest BCUT2D eigenvalue weighted by Gasteiger charge is -2.42. The van der Waals surface area contributed by atoms with Gasteiger partial charge >= 0.3 is 0 Å². The van der Waals surface area contributed by atoms with Gasteiger partial charge in [0.2, 0.25) is 17.7 Å². The smallest absolute Gasteiger partial charge is 0.269 e. The van der Waals surface area contributed by atoms with E-state index in [9.17, 15) is 41.1 Å². The number of H-pyrrole nitrogens is 1. The zero-order valence-electron chi connectivity index (χ0n) is 37.3. The summed E-state index contributed by atoms with van der Waals surface area (Å²) in [4.78, 5) is 58.5. The first-order valence-electron chi connectivity index (χ1n) is 22.5. The number of hydrogen-bond donors (Lipinski definition) is 2. The number of hydrogen-bond acceptors (Lipinski definition) is 7. The van der Waals surface area contributed by atoms with Gasteiger partial charge in [0.1, 0.15) is 11.5 Å². The van der Waals surface area contributed by atoms with E-state index in [4.69, 9.17) is 0 Å². The molecule has 3 fully saturated rings. The number of benzene rings is 3. The van der Waals surface area contributed by atoms with E-state index in [1.807, 2.05) is 15.9 Å². The number of fused-ring (bicyclic) bond motifs is 1. The van der Waals surface area contributed by atoms with Crippen LogP contribution in [0, 0.1) is 23.3 Å². The van der Waals surface area contributed by atoms with Gasteiger partial charge in [-0.15, -0.1) is 0 Å². The number of imide groups is 1. The van der Waals surface area contributed by atoms with Crippen LogP contribution in [-0.4, -0.2) is 118 Å². The van der Waals surface area contributed by atoms with Gasteiger partial charge in [-0.05, 0) is 91.7 Å². The summed E-state index contributed by atoms with van der Waals surface area (Å²) in [6.07, 6.45) is 8.59. The summed E-state index contributed by atoms with van der Waals surface area (Å²) < 4.78 is 88.9. The zero-order chi connectivity index (χ0) is 47.6. The first-order chi connectivity index (χ1) is 32.1. The van der Waals surface area contributed by atoms with Crippen LogP contribution in [0.25, 0.3) is 27.6 Å². The van der Waals surface area contributed by atoms with E-state index in [1.54, 1.807) is 54.3 Å². The van der Waals surface area contributed by atoms with Crippen LogP contribution < -0.4 is 10.2 Å². The summed E-state index contributed by atoms with van der Waals surface area (Å²) >= 11 is 0. The van der Waals surface area contributed by atoms with E-state index in [-0.39, 0.29) is 89.4 Å². The molecule has 4 amide bonds. The van der Waals surface area contributed by atoms with E-state index in [0.29, 0.717) is 68.8 Å². The average Bonchev–Trinajstić information content (AvgIpc) is 4.01. The van der Waals surface area contributed by atoms with Gasteiger partial charge in [-0.1, -0.05) is 24.3 Å². The molecule has 0 bridgehead atoms. The van der Waals surface area contributed by atoms with Gasteiger partial charge in [0.25, 0.3) is 11.8 Å². The van der Waals surface area contributed by atoms with Crippen molar-refractivity contribution in [2.24, 2.45) is 0 Å². The summed E-state index contributed by atoms with van der Waals surface area (Å²) in [5.41, 5.74) is 2.07. The lowest BCUT2D eigenvalue weighted by Crippen LogP contribution is -2.51. The Bertz CT molecular complexity index is 2690. The van der Waals surface area contributed by atoms with Crippen molar-refractivity contribution in [2.45, 2.75) is 75.8 Å². The zero-order valence-corrected chi connectivity index (χ0v) is 37.3. The highest BCUT2D eigenvalue weighted by molar-refractivity contribution is 6.05. The van der Waals surface area contributed by atoms with Gasteiger partial charge in [0.15, 0.2) is 17.5 Å². The van der Waals surface area contributed by atoms with Crippen molar-refractivity contribution in [3.05, 3.63) is 113 Å². The fraction of sp³-hybridized carbons (Fsp3) is 0.408. The number of likely N-dealkylation sites (tertiary alicyclic amines) is 1. The predicted octanol–water partition coefficient (Wildman–Crippen LogP) is 7.90. The highest BCUT2D eigenvalue weighted by Gasteiger charge is 2.39. The molecule has 0 radical (unpaired) electrons. The van der Waals surface area contributed by atoms with Crippen LogP contribution in [0.15, 0.2) is 73.1 Å². The molecule has 4 aliphatic heterocycles. The van der Waals surface area contributed by atoms with Crippen molar-refractivity contribution < 1.29 is 45.5 Å². The Labute approximate surface area is 383 Å². The Kier molecular flexibility index (Phi) is 13.9. The third kappa shape index (κ3) is 10.4.